The van der Waals surface area contributed by atoms with Crippen LogP contribution in [0, 0.1) is 29.1 Å². The third-order valence-electron chi connectivity index (χ3n) is 6.65. The van der Waals surface area contributed by atoms with Crippen LogP contribution in [-0.4, -0.2) is 29.1 Å². The van der Waals surface area contributed by atoms with Crippen molar-refractivity contribution in [1.82, 2.24) is 0 Å². The number of alkyl halides is 3. The molecule has 5 aliphatic carbocycles. The highest BCUT2D eigenvalue weighted by Gasteiger charge is 2.55. The van der Waals surface area contributed by atoms with Crippen LogP contribution < -0.4 is 5.73 Å². The van der Waals surface area contributed by atoms with Gasteiger partial charge in [-0.25, -0.2) is 4.79 Å². The van der Waals surface area contributed by atoms with Crippen LogP contribution in [0.25, 0.3) is 0 Å². The molecule has 2 unspecified atom stereocenters. The van der Waals surface area contributed by atoms with Crippen molar-refractivity contribution in [2.75, 3.05) is 0 Å². The summed E-state index contributed by atoms with van der Waals surface area (Å²) in [7, 11) is 0. The minimum atomic E-state index is -5.08. The Bertz CT molecular complexity index is 511. The first kappa shape index (κ1) is 18.7. The second kappa shape index (κ2) is 6.56. The molecular formula is C18H26F3NO3. The molecule has 0 aromatic heterocycles. The number of halogens is 3. The van der Waals surface area contributed by atoms with Crippen molar-refractivity contribution in [2.24, 2.45) is 34.8 Å². The van der Waals surface area contributed by atoms with E-state index in [4.69, 9.17) is 15.6 Å². The lowest BCUT2D eigenvalue weighted by Gasteiger charge is -2.56. The molecular weight excluding hydrogens is 335 g/mol. The van der Waals surface area contributed by atoms with E-state index in [1.165, 1.54) is 38.5 Å². The van der Waals surface area contributed by atoms with Gasteiger partial charge in [-0.05, 0) is 75.5 Å². The van der Waals surface area contributed by atoms with E-state index in [0.29, 0.717) is 17.7 Å². The third kappa shape index (κ3) is 3.86. The van der Waals surface area contributed by atoms with Crippen LogP contribution in [0.5, 0.6) is 0 Å². The smallest absolute Gasteiger partial charge is 0.475 e. The summed E-state index contributed by atoms with van der Waals surface area (Å²) >= 11 is 0. The van der Waals surface area contributed by atoms with Crippen LogP contribution in [0.2, 0.25) is 0 Å². The molecule has 7 heteroatoms. The number of carboxylic acids is 1. The number of nitrogens with two attached hydrogens (primary N) is 1. The molecule has 2 atom stereocenters. The van der Waals surface area contributed by atoms with Gasteiger partial charge >= 0.3 is 12.1 Å². The van der Waals surface area contributed by atoms with Crippen LogP contribution >= 0.6 is 0 Å². The lowest BCUT2D eigenvalue weighted by molar-refractivity contribution is -0.192. The van der Waals surface area contributed by atoms with Crippen LogP contribution in [0.15, 0.2) is 0 Å². The van der Waals surface area contributed by atoms with Gasteiger partial charge in [-0.1, -0.05) is 0 Å². The second-order valence-electron chi connectivity index (χ2n) is 8.64. The van der Waals surface area contributed by atoms with Gasteiger partial charge in [-0.3, -0.25) is 4.79 Å². The minimum Gasteiger partial charge on any atom is -0.475 e. The van der Waals surface area contributed by atoms with Gasteiger partial charge in [0.05, 0.1) is 0 Å². The number of Topliss-reactive ketones (excluding diaryl/α,β-unsaturated/α-hetero) is 1. The summed E-state index contributed by atoms with van der Waals surface area (Å²) < 4.78 is 31.7. The zero-order valence-corrected chi connectivity index (χ0v) is 14.2. The van der Waals surface area contributed by atoms with E-state index in [-0.39, 0.29) is 5.41 Å². The summed E-state index contributed by atoms with van der Waals surface area (Å²) in [6.07, 6.45) is 5.99. The molecule has 0 radical (unpaired) electrons. The summed E-state index contributed by atoms with van der Waals surface area (Å²) in [6, 6.07) is 0.299. The molecule has 5 fully saturated rings. The zero-order chi connectivity index (χ0) is 18.4. The molecule has 4 nitrogen and oxygen atoms in total. The van der Waals surface area contributed by atoms with E-state index in [0.717, 1.165) is 37.0 Å². The average Bonchev–Trinajstić information content (AvgIpc) is 2.91. The minimum absolute atomic E-state index is 0.115. The fraction of sp³-hybridized carbons (Fsp3) is 0.889. The summed E-state index contributed by atoms with van der Waals surface area (Å²) in [5.74, 6) is 0.846. The zero-order valence-electron chi connectivity index (χ0n) is 14.2. The Kier molecular flexibility index (Phi) is 4.90. The van der Waals surface area contributed by atoms with Crippen molar-refractivity contribution in [3.05, 3.63) is 0 Å². The van der Waals surface area contributed by atoms with E-state index >= 15 is 0 Å². The van der Waals surface area contributed by atoms with Crippen LogP contribution in [-0.2, 0) is 9.59 Å². The normalized spacial score (nSPS) is 42.0. The molecule has 3 N–H and O–H groups in total. The maximum atomic E-state index is 13.0. The van der Waals surface area contributed by atoms with Gasteiger partial charge in [0.25, 0.3) is 0 Å². The van der Waals surface area contributed by atoms with Gasteiger partial charge in [-0.2, -0.15) is 13.2 Å². The number of hydrogen-bond donors (Lipinski definition) is 2. The first-order chi connectivity index (χ1) is 11.6. The first-order valence-electron chi connectivity index (χ1n) is 9.19. The Labute approximate surface area is 145 Å². The van der Waals surface area contributed by atoms with E-state index in [1.54, 1.807) is 0 Å². The lowest BCUT2D eigenvalue weighted by Crippen LogP contribution is -2.51. The molecule has 4 bridgehead atoms. The second-order valence-corrected chi connectivity index (χ2v) is 8.64. The highest BCUT2D eigenvalue weighted by atomic mass is 19.4. The van der Waals surface area contributed by atoms with Crippen molar-refractivity contribution in [3.63, 3.8) is 0 Å². The van der Waals surface area contributed by atoms with Gasteiger partial charge in [0.2, 0.25) is 0 Å². The number of ketones is 1. The predicted octanol–water partition coefficient (Wildman–Crippen LogP) is 3.53. The molecule has 25 heavy (non-hydrogen) atoms. The number of aliphatic carboxylic acids is 1. The summed E-state index contributed by atoms with van der Waals surface area (Å²) in [5, 5.41) is 7.12. The van der Waals surface area contributed by atoms with Crippen LogP contribution in [0.4, 0.5) is 13.2 Å². The Balaban J connectivity index is 0.000000225. The van der Waals surface area contributed by atoms with Crippen molar-refractivity contribution >= 4 is 11.8 Å². The molecule has 5 aliphatic rings. The maximum absolute atomic E-state index is 13.0. The highest BCUT2D eigenvalue weighted by Crippen LogP contribution is 2.61. The van der Waals surface area contributed by atoms with Crippen molar-refractivity contribution in [3.8, 4) is 0 Å². The molecule has 0 amide bonds. The number of carboxylic acid groups (broad SMARTS) is 1. The Morgan fingerprint density at radius 1 is 0.920 bits per heavy atom. The molecule has 142 valence electrons. The van der Waals surface area contributed by atoms with Gasteiger partial charge < -0.3 is 10.8 Å². The Morgan fingerprint density at radius 3 is 1.68 bits per heavy atom. The monoisotopic (exact) mass is 361 g/mol. The molecule has 5 rings (SSSR count). The summed E-state index contributed by atoms with van der Waals surface area (Å²) in [4.78, 5) is 21.9. The van der Waals surface area contributed by atoms with E-state index in [2.05, 4.69) is 0 Å². The topological polar surface area (TPSA) is 80.4 Å². The molecule has 0 spiro atoms. The molecule has 0 aromatic rings. The summed E-state index contributed by atoms with van der Waals surface area (Å²) in [5.41, 5.74) is 6.12. The largest absolute Gasteiger partial charge is 0.490 e. The Morgan fingerprint density at radius 2 is 1.36 bits per heavy atom. The molecule has 0 aliphatic heterocycles. The number of carbonyl (C=O) groups is 2. The van der Waals surface area contributed by atoms with Crippen molar-refractivity contribution in [1.29, 1.82) is 0 Å². The predicted molar refractivity (Wildman–Crippen MR) is 84.6 cm³/mol. The third-order valence-corrected chi connectivity index (χ3v) is 6.65. The van der Waals surface area contributed by atoms with Gasteiger partial charge in [0.1, 0.15) is 5.78 Å². The first-order valence-corrected chi connectivity index (χ1v) is 9.19. The lowest BCUT2D eigenvalue weighted by atomic mass is 9.47. The maximum Gasteiger partial charge on any atom is 0.490 e. The summed E-state index contributed by atoms with van der Waals surface area (Å²) in [6.45, 7) is 0. The van der Waals surface area contributed by atoms with Crippen molar-refractivity contribution in [2.45, 2.75) is 70.0 Å². The highest BCUT2D eigenvalue weighted by molar-refractivity contribution is 5.87. The molecule has 0 heterocycles. The fourth-order valence-corrected chi connectivity index (χ4v) is 6.10. The van der Waals surface area contributed by atoms with Crippen LogP contribution in [0.3, 0.4) is 0 Å². The van der Waals surface area contributed by atoms with Gasteiger partial charge in [0.15, 0.2) is 0 Å². The fourth-order valence-electron chi connectivity index (χ4n) is 6.10. The van der Waals surface area contributed by atoms with E-state index in [1.807, 2.05) is 0 Å². The van der Waals surface area contributed by atoms with Crippen molar-refractivity contribution < 1.29 is 27.9 Å². The SMILES string of the molecule is NC1CCC(C(=O)C23CC4CC(CC(C4)C2)C3)C1.O=C(O)C(F)(F)F. The van der Waals surface area contributed by atoms with E-state index in [9.17, 15) is 18.0 Å². The number of rotatable bonds is 2. The van der Waals surface area contributed by atoms with Gasteiger partial charge in [0, 0.05) is 17.4 Å². The average molecular weight is 361 g/mol. The van der Waals surface area contributed by atoms with Crippen LogP contribution in [0.1, 0.15) is 57.8 Å². The Hall–Kier alpha value is -1.11. The molecule has 0 saturated heterocycles. The standard InChI is InChI=1S/C16H25NO.C2HF3O2/c17-14-2-1-13(6-14)15(18)16-7-10-3-11(8-16)5-12(4-10)9-16;3-2(4,5)1(6)7/h10-14H,1-9,17H2;(H,6,7). The quantitative estimate of drug-likeness (QED) is 0.788. The van der Waals surface area contributed by atoms with E-state index < -0.39 is 12.1 Å². The number of carbonyl (C=O) groups excluding carboxylic acids is 1. The van der Waals surface area contributed by atoms with Gasteiger partial charge in [-0.15, -0.1) is 0 Å². The molecule has 5 saturated carbocycles. The molecule has 0 aromatic carbocycles. The number of hydrogen-bond acceptors (Lipinski definition) is 3.